The first-order chi connectivity index (χ1) is 9.79. The Balaban J connectivity index is 1.74. The smallest absolute Gasteiger partial charge is 0.239 e. The fourth-order valence-electron chi connectivity index (χ4n) is 2.32. The predicted molar refractivity (Wildman–Crippen MR) is 81.1 cm³/mol. The molecule has 1 aromatic rings. The van der Waals surface area contributed by atoms with Crippen LogP contribution in [-0.4, -0.2) is 30.8 Å². The van der Waals surface area contributed by atoms with Gasteiger partial charge in [0.2, 0.25) is 5.88 Å². The third kappa shape index (κ3) is 4.56. The maximum Gasteiger partial charge on any atom is 0.239 e. The van der Waals surface area contributed by atoms with Crippen molar-refractivity contribution in [3.63, 3.8) is 0 Å². The van der Waals surface area contributed by atoms with Crippen LogP contribution in [0.25, 0.3) is 0 Å². The van der Waals surface area contributed by atoms with Crippen LogP contribution in [0.15, 0.2) is 12.1 Å². The quantitative estimate of drug-likeness (QED) is 0.716. The zero-order valence-corrected chi connectivity index (χ0v) is 12.2. The molecule has 2 rings (SSSR count). The summed E-state index contributed by atoms with van der Waals surface area (Å²) in [4.78, 5) is 4.37. The maximum absolute atomic E-state index is 5.83. The molecule has 1 fully saturated rings. The number of anilines is 2. The van der Waals surface area contributed by atoms with Crippen molar-refractivity contribution in [2.24, 2.45) is 0 Å². The summed E-state index contributed by atoms with van der Waals surface area (Å²) in [5.41, 5.74) is 6.40. The summed E-state index contributed by atoms with van der Waals surface area (Å²) in [6.45, 7) is 4.15. The number of nitrogens with one attached hydrogen (secondary N) is 1. The molecule has 0 unspecified atom stereocenters. The van der Waals surface area contributed by atoms with Gasteiger partial charge in [0.1, 0.15) is 5.82 Å². The van der Waals surface area contributed by atoms with Gasteiger partial charge in [-0.15, -0.1) is 0 Å². The second kappa shape index (κ2) is 7.94. The van der Waals surface area contributed by atoms with Crippen molar-refractivity contribution >= 4 is 11.5 Å². The van der Waals surface area contributed by atoms with E-state index < -0.39 is 0 Å². The summed E-state index contributed by atoms with van der Waals surface area (Å²) in [5, 5.41) is 3.24. The number of nitrogens with two attached hydrogens (primary N) is 1. The van der Waals surface area contributed by atoms with Gasteiger partial charge in [0.05, 0.1) is 25.0 Å². The maximum atomic E-state index is 5.83. The Morgan fingerprint density at radius 1 is 1.30 bits per heavy atom. The zero-order chi connectivity index (χ0) is 14.2. The van der Waals surface area contributed by atoms with E-state index in [9.17, 15) is 0 Å². The van der Waals surface area contributed by atoms with Crippen LogP contribution in [0.4, 0.5) is 11.5 Å². The molecule has 0 bridgehead atoms. The van der Waals surface area contributed by atoms with Gasteiger partial charge < -0.3 is 20.5 Å². The molecule has 0 spiro atoms. The molecular formula is C15H25N3O2. The Bertz CT molecular complexity index is 406. The summed E-state index contributed by atoms with van der Waals surface area (Å²) >= 11 is 0. The average molecular weight is 279 g/mol. The van der Waals surface area contributed by atoms with Crippen molar-refractivity contribution in [2.75, 3.05) is 30.8 Å². The van der Waals surface area contributed by atoms with Crippen LogP contribution in [0.5, 0.6) is 5.88 Å². The molecule has 1 aliphatic carbocycles. The first-order valence-corrected chi connectivity index (χ1v) is 7.54. The second-order valence-electron chi connectivity index (χ2n) is 5.14. The number of hydrogen-bond donors (Lipinski definition) is 2. The largest absolute Gasteiger partial charge is 0.476 e. The molecule has 0 aromatic carbocycles. The lowest BCUT2D eigenvalue weighted by Gasteiger charge is -2.13. The Labute approximate surface area is 120 Å². The summed E-state index contributed by atoms with van der Waals surface area (Å²) < 4.78 is 11.3. The van der Waals surface area contributed by atoms with Crippen LogP contribution < -0.4 is 15.8 Å². The first-order valence-electron chi connectivity index (χ1n) is 7.54. The number of ether oxygens (including phenoxy) is 2. The van der Waals surface area contributed by atoms with Crippen LogP contribution in [-0.2, 0) is 4.74 Å². The summed E-state index contributed by atoms with van der Waals surface area (Å²) in [6, 6.07) is 3.68. The highest BCUT2D eigenvalue weighted by atomic mass is 16.5. The van der Waals surface area contributed by atoms with Crippen LogP contribution >= 0.6 is 0 Å². The number of rotatable bonds is 8. The normalized spacial score (nSPS) is 15.4. The topological polar surface area (TPSA) is 69.4 Å². The first kappa shape index (κ1) is 14.9. The molecule has 1 saturated carbocycles. The molecule has 0 saturated heterocycles. The molecule has 0 atom stereocenters. The van der Waals surface area contributed by atoms with Gasteiger partial charge in [-0.2, -0.15) is 4.98 Å². The Hall–Kier alpha value is -1.49. The van der Waals surface area contributed by atoms with Gasteiger partial charge >= 0.3 is 0 Å². The monoisotopic (exact) mass is 279 g/mol. The van der Waals surface area contributed by atoms with E-state index >= 15 is 0 Å². The van der Waals surface area contributed by atoms with E-state index in [2.05, 4.69) is 17.2 Å². The van der Waals surface area contributed by atoms with Crippen LogP contribution in [0.2, 0.25) is 0 Å². The molecule has 20 heavy (non-hydrogen) atoms. The molecule has 0 aliphatic heterocycles. The third-order valence-corrected chi connectivity index (χ3v) is 3.40. The number of nitrogens with zero attached hydrogens (tertiary/aromatic N) is 1. The molecule has 1 heterocycles. The van der Waals surface area contributed by atoms with Gasteiger partial charge in [-0.05, 0) is 31.4 Å². The SMILES string of the molecule is CCCOc1nc(NCCOC2CCCC2)ccc1N. The van der Waals surface area contributed by atoms with Gasteiger partial charge in [0.15, 0.2) is 0 Å². The van der Waals surface area contributed by atoms with Gasteiger partial charge in [-0.3, -0.25) is 0 Å². The minimum atomic E-state index is 0.458. The van der Waals surface area contributed by atoms with Gasteiger partial charge in [-0.25, -0.2) is 0 Å². The number of aromatic nitrogens is 1. The second-order valence-corrected chi connectivity index (χ2v) is 5.14. The Morgan fingerprint density at radius 3 is 2.85 bits per heavy atom. The highest BCUT2D eigenvalue weighted by molar-refractivity contribution is 5.53. The van der Waals surface area contributed by atoms with Crippen molar-refractivity contribution in [3.05, 3.63) is 12.1 Å². The third-order valence-electron chi connectivity index (χ3n) is 3.40. The lowest BCUT2D eigenvalue weighted by atomic mass is 10.3. The fraction of sp³-hybridized carbons (Fsp3) is 0.667. The van der Waals surface area contributed by atoms with Crippen molar-refractivity contribution in [1.29, 1.82) is 0 Å². The van der Waals surface area contributed by atoms with Crippen LogP contribution in [0.3, 0.4) is 0 Å². The van der Waals surface area contributed by atoms with E-state index in [4.69, 9.17) is 15.2 Å². The van der Waals surface area contributed by atoms with Crippen LogP contribution in [0, 0.1) is 0 Å². The lowest BCUT2D eigenvalue weighted by Crippen LogP contribution is -2.16. The van der Waals surface area contributed by atoms with Crippen LogP contribution in [0.1, 0.15) is 39.0 Å². The molecule has 5 nitrogen and oxygen atoms in total. The van der Waals surface area contributed by atoms with E-state index in [1.54, 1.807) is 0 Å². The Kier molecular flexibility index (Phi) is 5.92. The van der Waals surface area contributed by atoms with Crippen molar-refractivity contribution < 1.29 is 9.47 Å². The number of pyridine rings is 1. The summed E-state index contributed by atoms with van der Waals surface area (Å²) in [7, 11) is 0. The molecule has 3 N–H and O–H groups in total. The molecular weight excluding hydrogens is 254 g/mol. The molecule has 5 heteroatoms. The fourth-order valence-corrected chi connectivity index (χ4v) is 2.32. The molecule has 1 aliphatic rings. The molecule has 0 amide bonds. The summed E-state index contributed by atoms with van der Waals surface area (Å²) in [6.07, 6.45) is 6.41. The number of hydrogen-bond acceptors (Lipinski definition) is 5. The van der Waals surface area contributed by atoms with Gasteiger partial charge in [0.25, 0.3) is 0 Å². The minimum absolute atomic E-state index is 0.458. The van der Waals surface area contributed by atoms with E-state index in [1.807, 2.05) is 12.1 Å². The minimum Gasteiger partial charge on any atom is -0.476 e. The summed E-state index contributed by atoms with van der Waals surface area (Å²) in [5.74, 6) is 1.29. The van der Waals surface area contributed by atoms with E-state index in [1.165, 1.54) is 25.7 Å². The van der Waals surface area contributed by atoms with Crippen molar-refractivity contribution in [3.8, 4) is 5.88 Å². The predicted octanol–water partition coefficient (Wildman–Crippen LogP) is 2.82. The zero-order valence-electron chi connectivity index (χ0n) is 12.2. The van der Waals surface area contributed by atoms with Crippen molar-refractivity contribution in [2.45, 2.75) is 45.1 Å². The van der Waals surface area contributed by atoms with Gasteiger partial charge in [0, 0.05) is 6.54 Å². The highest BCUT2D eigenvalue weighted by Crippen LogP contribution is 2.22. The molecule has 112 valence electrons. The van der Waals surface area contributed by atoms with Crippen molar-refractivity contribution in [1.82, 2.24) is 4.98 Å². The Morgan fingerprint density at radius 2 is 2.10 bits per heavy atom. The number of nitrogen functional groups attached to an aromatic ring is 1. The standard InChI is InChI=1S/C15H25N3O2/c1-2-10-20-15-13(16)7-8-14(18-15)17-9-11-19-12-5-3-4-6-12/h7-8,12H,2-6,9-11,16H2,1H3,(H,17,18). The van der Waals surface area contributed by atoms with E-state index in [-0.39, 0.29) is 0 Å². The highest BCUT2D eigenvalue weighted by Gasteiger charge is 2.14. The van der Waals surface area contributed by atoms with E-state index in [0.29, 0.717) is 30.9 Å². The average Bonchev–Trinajstić information content (AvgIpc) is 2.97. The molecule has 1 aromatic heterocycles. The van der Waals surface area contributed by atoms with E-state index in [0.717, 1.165) is 18.8 Å². The van der Waals surface area contributed by atoms with Gasteiger partial charge in [-0.1, -0.05) is 19.8 Å². The molecule has 0 radical (unpaired) electrons. The lowest BCUT2D eigenvalue weighted by molar-refractivity contribution is 0.0658.